The molecule has 4 rings (SSSR count). The van der Waals surface area contributed by atoms with Crippen molar-refractivity contribution in [3.63, 3.8) is 0 Å². The van der Waals surface area contributed by atoms with Gasteiger partial charge in [0.05, 0.1) is 11.4 Å². The highest BCUT2D eigenvalue weighted by Gasteiger charge is 2.19. The van der Waals surface area contributed by atoms with Gasteiger partial charge in [-0.2, -0.15) is 5.10 Å². The Labute approximate surface area is 160 Å². The van der Waals surface area contributed by atoms with Crippen LogP contribution in [-0.2, 0) is 6.54 Å². The lowest BCUT2D eigenvalue weighted by Gasteiger charge is -2.25. The van der Waals surface area contributed by atoms with E-state index >= 15 is 0 Å². The summed E-state index contributed by atoms with van der Waals surface area (Å²) < 4.78 is 1.91. The maximum atomic E-state index is 4.71. The van der Waals surface area contributed by atoms with Gasteiger partial charge in [-0.1, -0.05) is 18.2 Å². The molecule has 6 nitrogen and oxygen atoms in total. The highest BCUT2D eigenvalue weighted by Crippen LogP contribution is 2.25. The van der Waals surface area contributed by atoms with Crippen LogP contribution in [0.4, 0.5) is 5.82 Å². The first-order valence-corrected chi connectivity index (χ1v) is 9.56. The number of rotatable bonds is 5. The number of nitrogens with one attached hydrogen (secondary N) is 1. The summed E-state index contributed by atoms with van der Waals surface area (Å²) in [6, 6.07) is 12.5. The molecule has 3 heterocycles. The molecule has 0 spiro atoms. The molecule has 1 aromatic carbocycles. The highest BCUT2D eigenvalue weighted by molar-refractivity contribution is 5.46. The van der Waals surface area contributed by atoms with Crippen LogP contribution in [0.5, 0.6) is 0 Å². The summed E-state index contributed by atoms with van der Waals surface area (Å²) in [6.45, 7) is 4.85. The topological polar surface area (TPSA) is 58.9 Å². The van der Waals surface area contributed by atoms with Crippen molar-refractivity contribution in [1.82, 2.24) is 25.1 Å². The Bertz CT molecular complexity index is 883. The zero-order chi connectivity index (χ0) is 18.6. The summed E-state index contributed by atoms with van der Waals surface area (Å²) in [5, 5.41) is 7.86. The van der Waals surface area contributed by atoms with Gasteiger partial charge in [-0.15, -0.1) is 0 Å². The highest BCUT2D eigenvalue weighted by atomic mass is 15.3. The number of nitrogens with zero attached hydrogens (tertiary/aromatic N) is 5. The van der Waals surface area contributed by atoms with Gasteiger partial charge in [-0.25, -0.2) is 14.6 Å². The van der Waals surface area contributed by atoms with E-state index in [9.17, 15) is 0 Å². The molecule has 1 aliphatic heterocycles. The second-order valence-electron chi connectivity index (χ2n) is 7.18. The smallest absolute Gasteiger partial charge is 0.132 e. The third kappa shape index (κ3) is 4.01. The van der Waals surface area contributed by atoms with E-state index in [0.29, 0.717) is 5.92 Å². The molecule has 1 atom stereocenters. The number of para-hydroxylation sites is 1. The lowest BCUT2D eigenvalue weighted by Crippen LogP contribution is -2.29. The number of piperidine rings is 1. The predicted molar refractivity (Wildman–Crippen MR) is 107 cm³/mol. The fourth-order valence-electron chi connectivity index (χ4n) is 3.70. The maximum absolute atomic E-state index is 4.71. The molecule has 1 N–H and O–H groups in total. The van der Waals surface area contributed by atoms with Gasteiger partial charge in [0.25, 0.3) is 0 Å². The average Bonchev–Trinajstić information content (AvgIpc) is 3.23. The van der Waals surface area contributed by atoms with Crippen molar-refractivity contribution in [2.75, 3.05) is 25.0 Å². The molecule has 0 amide bonds. The van der Waals surface area contributed by atoms with Crippen molar-refractivity contribution in [3.8, 4) is 5.69 Å². The Balaban J connectivity index is 1.59. The van der Waals surface area contributed by atoms with E-state index in [-0.39, 0.29) is 0 Å². The lowest BCUT2D eigenvalue weighted by atomic mass is 9.96. The Morgan fingerprint density at radius 2 is 2.11 bits per heavy atom. The summed E-state index contributed by atoms with van der Waals surface area (Å²) in [5.74, 6) is 2.28. The van der Waals surface area contributed by atoms with Crippen molar-refractivity contribution >= 4 is 5.82 Å². The lowest BCUT2D eigenvalue weighted by molar-refractivity contribution is 0.453. The molecule has 0 aliphatic carbocycles. The van der Waals surface area contributed by atoms with Gasteiger partial charge < -0.3 is 10.2 Å². The fourth-order valence-corrected chi connectivity index (χ4v) is 3.70. The summed E-state index contributed by atoms with van der Waals surface area (Å²) in [5.41, 5.74) is 3.45. The molecular weight excluding hydrogens is 336 g/mol. The van der Waals surface area contributed by atoms with Crippen LogP contribution in [0, 0.1) is 6.92 Å². The second-order valence-corrected chi connectivity index (χ2v) is 7.18. The van der Waals surface area contributed by atoms with Crippen LogP contribution >= 0.6 is 0 Å². The number of aromatic nitrogens is 4. The van der Waals surface area contributed by atoms with E-state index in [1.54, 1.807) is 6.20 Å². The molecule has 1 saturated heterocycles. The Morgan fingerprint density at radius 3 is 2.89 bits per heavy atom. The number of hydrogen-bond donors (Lipinski definition) is 1. The SMILES string of the molecule is Cc1nc(C2CCCNC2)cc(N(C)Cc2ccccc2-n2cccn2)n1. The van der Waals surface area contributed by atoms with Crippen LogP contribution in [0.15, 0.2) is 48.8 Å². The summed E-state index contributed by atoms with van der Waals surface area (Å²) >= 11 is 0. The molecule has 1 unspecified atom stereocenters. The van der Waals surface area contributed by atoms with Gasteiger partial charge in [0, 0.05) is 44.5 Å². The minimum absolute atomic E-state index is 0.476. The monoisotopic (exact) mass is 362 g/mol. The van der Waals surface area contributed by atoms with Gasteiger partial charge in [0.15, 0.2) is 0 Å². The standard InChI is InChI=1S/C21H26N6/c1-16-24-19(17-8-5-10-22-14-17)13-21(25-16)26(2)15-18-7-3-4-9-20(18)27-12-6-11-23-27/h3-4,6-7,9,11-13,17,22H,5,8,10,14-15H2,1-2H3. The second kappa shape index (κ2) is 7.88. The largest absolute Gasteiger partial charge is 0.355 e. The van der Waals surface area contributed by atoms with Gasteiger partial charge in [0.1, 0.15) is 11.6 Å². The summed E-state index contributed by atoms with van der Waals surface area (Å²) in [4.78, 5) is 11.6. The van der Waals surface area contributed by atoms with Gasteiger partial charge in [0.2, 0.25) is 0 Å². The van der Waals surface area contributed by atoms with Crippen molar-refractivity contribution in [3.05, 3.63) is 65.9 Å². The van der Waals surface area contributed by atoms with Crippen LogP contribution < -0.4 is 10.2 Å². The number of benzene rings is 1. The number of aryl methyl sites for hydroxylation is 1. The van der Waals surface area contributed by atoms with Crippen molar-refractivity contribution < 1.29 is 0 Å². The molecule has 27 heavy (non-hydrogen) atoms. The minimum atomic E-state index is 0.476. The van der Waals surface area contributed by atoms with E-state index in [0.717, 1.165) is 42.7 Å². The van der Waals surface area contributed by atoms with Crippen LogP contribution in [0.3, 0.4) is 0 Å². The van der Waals surface area contributed by atoms with E-state index in [1.807, 2.05) is 29.9 Å². The molecule has 1 aliphatic rings. The first-order valence-electron chi connectivity index (χ1n) is 9.56. The molecular formula is C21H26N6. The Morgan fingerprint density at radius 1 is 1.22 bits per heavy atom. The predicted octanol–water partition coefficient (Wildman–Crippen LogP) is 3.07. The zero-order valence-corrected chi connectivity index (χ0v) is 16.0. The van der Waals surface area contributed by atoms with Crippen LogP contribution in [-0.4, -0.2) is 39.9 Å². The Kier molecular flexibility index (Phi) is 5.16. The molecule has 6 heteroatoms. The Hall–Kier alpha value is -2.73. The van der Waals surface area contributed by atoms with Crippen LogP contribution in [0.1, 0.15) is 35.8 Å². The zero-order valence-electron chi connectivity index (χ0n) is 16.0. The molecule has 1 fully saturated rings. The fraction of sp³-hybridized carbons (Fsp3) is 0.381. The normalized spacial score (nSPS) is 17.0. The van der Waals surface area contributed by atoms with E-state index in [2.05, 4.69) is 51.6 Å². The van der Waals surface area contributed by atoms with Gasteiger partial charge in [-0.3, -0.25) is 0 Å². The third-order valence-electron chi connectivity index (χ3n) is 5.10. The molecule has 2 aromatic heterocycles. The molecule has 140 valence electrons. The van der Waals surface area contributed by atoms with E-state index in [1.165, 1.54) is 18.4 Å². The van der Waals surface area contributed by atoms with E-state index < -0.39 is 0 Å². The van der Waals surface area contributed by atoms with Crippen molar-refractivity contribution in [2.24, 2.45) is 0 Å². The average molecular weight is 362 g/mol. The number of anilines is 1. The number of hydrogen-bond acceptors (Lipinski definition) is 5. The van der Waals surface area contributed by atoms with Crippen molar-refractivity contribution in [2.45, 2.75) is 32.2 Å². The summed E-state index contributed by atoms with van der Waals surface area (Å²) in [6.07, 6.45) is 6.17. The quantitative estimate of drug-likeness (QED) is 0.756. The van der Waals surface area contributed by atoms with Gasteiger partial charge in [-0.05, 0) is 44.0 Å². The third-order valence-corrected chi connectivity index (χ3v) is 5.10. The molecule has 3 aromatic rings. The molecule has 0 saturated carbocycles. The van der Waals surface area contributed by atoms with E-state index in [4.69, 9.17) is 4.98 Å². The summed E-state index contributed by atoms with van der Waals surface area (Å²) in [7, 11) is 2.09. The first-order chi connectivity index (χ1) is 13.2. The van der Waals surface area contributed by atoms with Crippen LogP contribution in [0.2, 0.25) is 0 Å². The molecule has 0 radical (unpaired) electrons. The minimum Gasteiger partial charge on any atom is -0.355 e. The first kappa shape index (κ1) is 17.7. The van der Waals surface area contributed by atoms with Gasteiger partial charge >= 0.3 is 0 Å². The molecule has 0 bridgehead atoms. The van der Waals surface area contributed by atoms with Crippen LogP contribution in [0.25, 0.3) is 5.69 Å². The van der Waals surface area contributed by atoms with Crippen molar-refractivity contribution in [1.29, 1.82) is 0 Å². The maximum Gasteiger partial charge on any atom is 0.132 e.